The van der Waals surface area contributed by atoms with Gasteiger partial charge in [-0.3, -0.25) is 9.69 Å². The Hall–Kier alpha value is -2.31. The van der Waals surface area contributed by atoms with Crippen molar-refractivity contribution in [3.8, 4) is 0 Å². The first-order chi connectivity index (χ1) is 12.5. The first kappa shape index (κ1) is 18.5. The second-order valence-corrected chi connectivity index (χ2v) is 6.76. The van der Waals surface area contributed by atoms with Crippen LogP contribution in [0, 0.1) is 17.6 Å². The molecule has 1 heterocycles. The number of hydrogen-bond acceptors (Lipinski definition) is 3. The Balaban J connectivity index is 1.54. The van der Waals surface area contributed by atoms with Crippen molar-refractivity contribution >= 4 is 5.91 Å². The molecule has 0 aromatic heterocycles. The Morgan fingerprint density at radius 3 is 2.46 bits per heavy atom. The number of likely N-dealkylation sites (tertiary alicyclic amines) is 1. The number of halogens is 2. The van der Waals surface area contributed by atoms with Crippen LogP contribution in [0.3, 0.4) is 0 Å². The summed E-state index contributed by atoms with van der Waals surface area (Å²) in [5.74, 6) is -0.844. The average Bonchev–Trinajstić information content (AvgIpc) is 3.03. The van der Waals surface area contributed by atoms with Crippen molar-refractivity contribution in [2.24, 2.45) is 11.7 Å². The highest BCUT2D eigenvalue weighted by Gasteiger charge is 2.33. The fourth-order valence-electron chi connectivity index (χ4n) is 3.58. The van der Waals surface area contributed by atoms with Gasteiger partial charge in [-0.15, -0.1) is 0 Å². The van der Waals surface area contributed by atoms with Crippen molar-refractivity contribution < 1.29 is 13.6 Å². The second kappa shape index (κ2) is 8.38. The molecule has 0 unspecified atom stereocenters. The standard InChI is InChI=1S/C20H23F2N3O/c21-17-6-14(7-18(22)8-17)10-24-20(26)13-25-11-16(9-23)19(12-25)15-4-2-1-3-5-15/h1-8,16,19H,9-13,23H2,(H,24,26)/t16-,19+/m1/s1. The molecule has 2 aromatic rings. The van der Waals surface area contributed by atoms with Crippen molar-refractivity contribution in [2.75, 3.05) is 26.2 Å². The molecule has 3 rings (SSSR count). The fraction of sp³-hybridized carbons (Fsp3) is 0.350. The van der Waals surface area contributed by atoms with Crippen molar-refractivity contribution in [2.45, 2.75) is 12.5 Å². The maximum Gasteiger partial charge on any atom is 0.234 e. The molecule has 1 fully saturated rings. The van der Waals surface area contributed by atoms with E-state index < -0.39 is 11.6 Å². The van der Waals surface area contributed by atoms with Gasteiger partial charge in [-0.2, -0.15) is 0 Å². The van der Waals surface area contributed by atoms with E-state index >= 15 is 0 Å². The molecule has 6 heteroatoms. The zero-order valence-electron chi connectivity index (χ0n) is 14.5. The van der Waals surface area contributed by atoms with E-state index in [0.29, 0.717) is 23.9 Å². The minimum absolute atomic E-state index is 0.101. The molecular formula is C20H23F2N3O. The molecule has 1 amide bonds. The van der Waals surface area contributed by atoms with Crippen LogP contribution in [-0.4, -0.2) is 37.0 Å². The van der Waals surface area contributed by atoms with Crippen LogP contribution in [0.4, 0.5) is 8.78 Å². The third-order valence-electron chi connectivity index (χ3n) is 4.83. The highest BCUT2D eigenvalue weighted by Crippen LogP contribution is 2.31. The highest BCUT2D eigenvalue weighted by atomic mass is 19.1. The summed E-state index contributed by atoms with van der Waals surface area (Å²) in [5.41, 5.74) is 7.56. The molecule has 4 nitrogen and oxygen atoms in total. The minimum atomic E-state index is -0.648. The smallest absolute Gasteiger partial charge is 0.234 e. The van der Waals surface area contributed by atoms with Crippen LogP contribution >= 0.6 is 0 Å². The number of rotatable bonds is 6. The van der Waals surface area contributed by atoms with E-state index in [4.69, 9.17) is 5.73 Å². The van der Waals surface area contributed by atoms with E-state index in [1.807, 2.05) is 18.2 Å². The van der Waals surface area contributed by atoms with Gasteiger partial charge in [0.05, 0.1) is 6.54 Å². The van der Waals surface area contributed by atoms with E-state index in [-0.39, 0.29) is 19.0 Å². The lowest BCUT2D eigenvalue weighted by molar-refractivity contribution is -0.122. The van der Waals surface area contributed by atoms with E-state index in [1.165, 1.54) is 17.7 Å². The first-order valence-electron chi connectivity index (χ1n) is 8.74. The first-order valence-corrected chi connectivity index (χ1v) is 8.74. The quantitative estimate of drug-likeness (QED) is 0.832. The molecule has 0 saturated carbocycles. The van der Waals surface area contributed by atoms with Gasteiger partial charge in [-0.1, -0.05) is 30.3 Å². The van der Waals surface area contributed by atoms with Crippen molar-refractivity contribution in [3.05, 3.63) is 71.3 Å². The van der Waals surface area contributed by atoms with Crippen LogP contribution < -0.4 is 11.1 Å². The Kier molecular flexibility index (Phi) is 5.96. The predicted octanol–water partition coefficient (Wildman–Crippen LogP) is 2.26. The van der Waals surface area contributed by atoms with Crippen molar-refractivity contribution in [1.29, 1.82) is 0 Å². The Morgan fingerprint density at radius 1 is 1.12 bits per heavy atom. The van der Waals surface area contributed by atoms with E-state index in [9.17, 15) is 13.6 Å². The monoisotopic (exact) mass is 359 g/mol. The van der Waals surface area contributed by atoms with Crippen LogP contribution in [0.5, 0.6) is 0 Å². The molecule has 0 bridgehead atoms. The van der Waals surface area contributed by atoms with Gasteiger partial charge in [0.1, 0.15) is 11.6 Å². The van der Waals surface area contributed by atoms with Gasteiger partial charge in [-0.05, 0) is 35.7 Å². The summed E-state index contributed by atoms with van der Waals surface area (Å²) in [5, 5.41) is 2.72. The molecule has 0 spiro atoms. The number of hydrogen-bond donors (Lipinski definition) is 2. The van der Waals surface area contributed by atoms with Crippen LogP contribution in [0.15, 0.2) is 48.5 Å². The van der Waals surface area contributed by atoms with Crippen LogP contribution in [0.25, 0.3) is 0 Å². The summed E-state index contributed by atoms with van der Waals surface area (Å²) < 4.78 is 26.4. The normalized spacial score (nSPS) is 20.3. The van der Waals surface area contributed by atoms with Crippen LogP contribution in [0.2, 0.25) is 0 Å². The van der Waals surface area contributed by atoms with E-state index in [1.54, 1.807) is 0 Å². The van der Waals surface area contributed by atoms with Crippen LogP contribution in [0.1, 0.15) is 17.0 Å². The number of carbonyl (C=O) groups excluding carboxylic acids is 1. The molecule has 1 aliphatic rings. The van der Waals surface area contributed by atoms with Gasteiger partial charge < -0.3 is 11.1 Å². The third-order valence-corrected chi connectivity index (χ3v) is 4.83. The highest BCUT2D eigenvalue weighted by molar-refractivity contribution is 5.78. The number of nitrogens with one attached hydrogen (secondary N) is 1. The maximum atomic E-state index is 13.2. The molecule has 0 radical (unpaired) electrons. The zero-order chi connectivity index (χ0) is 18.5. The van der Waals surface area contributed by atoms with Crippen molar-refractivity contribution in [1.82, 2.24) is 10.2 Å². The SMILES string of the molecule is NC[C@@H]1CN(CC(=O)NCc2cc(F)cc(F)c2)C[C@H]1c1ccccc1. The molecule has 2 atom stereocenters. The Morgan fingerprint density at radius 2 is 1.81 bits per heavy atom. The van der Waals surface area contributed by atoms with Gasteiger partial charge in [0.15, 0.2) is 0 Å². The third kappa shape index (κ3) is 4.65. The summed E-state index contributed by atoms with van der Waals surface area (Å²) in [6.07, 6.45) is 0. The fourth-order valence-corrected chi connectivity index (χ4v) is 3.58. The molecule has 1 aliphatic heterocycles. The summed E-state index contributed by atoms with van der Waals surface area (Å²) in [6.45, 7) is 2.45. The van der Waals surface area contributed by atoms with Gasteiger partial charge in [0.2, 0.25) is 5.91 Å². The minimum Gasteiger partial charge on any atom is -0.351 e. The Labute approximate surface area is 152 Å². The molecule has 2 aromatic carbocycles. The number of nitrogens with zero attached hydrogens (tertiary/aromatic N) is 1. The van der Waals surface area contributed by atoms with E-state index in [0.717, 1.165) is 19.2 Å². The molecule has 1 saturated heterocycles. The lowest BCUT2D eigenvalue weighted by Crippen LogP contribution is -2.36. The molecule has 138 valence electrons. The summed E-state index contributed by atoms with van der Waals surface area (Å²) >= 11 is 0. The zero-order valence-corrected chi connectivity index (χ0v) is 14.5. The molecular weight excluding hydrogens is 336 g/mol. The lowest BCUT2D eigenvalue weighted by Gasteiger charge is -2.16. The van der Waals surface area contributed by atoms with Crippen molar-refractivity contribution in [3.63, 3.8) is 0 Å². The number of carbonyl (C=O) groups is 1. The summed E-state index contributed by atoms with van der Waals surface area (Å²) in [4.78, 5) is 14.3. The molecule has 26 heavy (non-hydrogen) atoms. The molecule has 3 N–H and O–H groups in total. The Bertz CT molecular complexity index is 734. The number of amides is 1. The predicted molar refractivity (Wildman–Crippen MR) is 96.4 cm³/mol. The lowest BCUT2D eigenvalue weighted by atomic mass is 9.89. The number of nitrogens with two attached hydrogens (primary N) is 1. The second-order valence-electron chi connectivity index (χ2n) is 6.76. The number of benzene rings is 2. The summed E-state index contributed by atoms with van der Waals surface area (Å²) in [7, 11) is 0. The van der Waals surface area contributed by atoms with E-state index in [2.05, 4.69) is 22.3 Å². The largest absolute Gasteiger partial charge is 0.351 e. The average molecular weight is 359 g/mol. The maximum absolute atomic E-state index is 13.2. The van der Waals surface area contributed by atoms with Gasteiger partial charge in [0.25, 0.3) is 0 Å². The van der Waals surface area contributed by atoms with Crippen LogP contribution in [-0.2, 0) is 11.3 Å². The molecule has 0 aliphatic carbocycles. The van der Waals surface area contributed by atoms with Gasteiger partial charge in [-0.25, -0.2) is 8.78 Å². The van der Waals surface area contributed by atoms with Gasteiger partial charge in [0, 0.05) is 31.6 Å². The summed E-state index contributed by atoms with van der Waals surface area (Å²) in [6, 6.07) is 13.4. The topological polar surface area (TPSA) is 58.4 Å². The van der Waals surface area contributed by atoms with Gasteiger partial charge >= 0.3 is 0 Å².